The third-order valence-electron chi connectivity index (χ3n) is 3.42. The van der Waals surface area contributed by atoms with Crippen molar-refractivity contribution in [2.75, 3.05) is 39.1 Å². The molecule has 0 amide bonds. The standard InChI is InChI=1S/C10H20N2O3S.ClH/c1-11-10-2-4-12(6-10)16(13,14)8-9-3-5-15-7-9;/h9-11H,2-8H2,1H3;1H. The van der Waals surface area contributed by atoms with Crippen LogP contribution < -0.4 is 5.32 Å². The number of rotatable bonds is 4. The van der Waals surface area contributed by atoms with Crippen molar-refractivity contribution in [3.63, 3.8) is 0 Å². The Morgan fingerprint density at radius 2 is 2.18 bits per heavy atom. The molecular weight excluding hydrogens is 264 g/mol. The van der Waals surface area contributed by atoms with Crippen molar-refractivity contribution < 1.29 is 13.2 Å². The molecule has 2 rings (SSSR count). The molecule has 5 nitrogen and oxygen atoms in total. The quantitative estimate of drug-likeness (QED) is 0.794. The monoisotopic (exact) mass is 284 g/mol. The van der Waals surface area contributed by atoms with Gasteiger partial charge >= 0.3 is 0 Å². The van der Waals surface area contributed by atoms with E-state index < -0.39 is 10.0 Å². The summed E-state index contributed by atoms with van der Waals surface area (Å²) in [6.45, 7) is 2.58. The molecule has 2 saturated heterocycles. The zero-order valence-electron chi connectivity index (χ0n) is 10.1. The van der Waals surface area contributed by atoms with Crippen LogP contribution in [0, 0.1) is 5.92 Å². The minimum absolute atomic E-state index is 0. The molecule has 2 unspecified atom stereocenters. The second kappa shape index (κ2) is 6.33. The van der Waals surface area contributed by atoms with Gasteiger partial charge in [0, 0.05) is 25.7 Å². The van der Waals surface area contributed by atoms with Crippen LogP contribution in [0.25, 0.3) is 0 Å². The molecule has 0 bridgehead atoms. The highest BCUT2D eigenvalue weighted by Gasteiger charge is 2.33. The summed E-state index contributed by atoms with van der Waals surface area (Å²) in [4.78, 5) is 0. The van der Waals surface area contributed by atoms with Gasteiger partial charge in [0.05, 0.1) is 12.4 Å². The zero-order chi connectivity index (χ0) is 11.6. The first-order valence-corrected chi connectivity index (χ1v) is 7.45. The topological polar surface area (TPSA) is 58.6 Å². The minimum Gasteiger partial charge on any atom is -0.381 e. The summed E-state index contributed by atoms with van der Waals surface area (Å²) in [5.41, 5.74) is 0. The van der Waals surface area contributed by atoms with E-state index in [2.05, 4.69) is 5.32 Å². The smallest absolute Gasteiger partial charge is 0.214 e. The number of hydrogen-bond acceptors (Lipinski definition) is 4. The number of halogens is 1. The minimum atomic E-state index is -3.07. The Morgan fingerprint density at radius 3 is 2.71 bits per heavy atom. The Bertz CT molecular complexity index is 330. The molecule has 17 heavy (non-hydrogen) atoms. The van der Waals surface area contributed by atoms with Crippen LogP contribution in [-0.2, 0) is 14.8 Å². The van der Waals surface area contributed by atoms with Crippen LogP contribution in [0.5, 0.6) is 0 Å². The average molecular weight is 285 g/mol. The van der Waals surface area contributed by atoms with Crippen LogP contribution in [0.1, 0.15) is 12.8 Å². The molecule has 2 aliphatic rings. The first-order valence-electron chi connectivity index (χ1n) is 5.84. The first kappa shape index (κ1) is 15.2. The van der Waals surface area contributed by atoms with E-state index in [4.69, 9.17) is 4.74 Å². The van der Waals surface area contributed by atoms with Gasteiger partial charge in [-0.1, -0.05) is 0 Å². The lowest BCUT2D eigenvalue weighted by atomic mass is 10.2. The zero-order valence-corrected chi connectivity index (χ0v) is 11.7. The fraction of sp³-hybridized carbons (Fsp3) is 1.00. The molecule has 102 valence electrons. The second-order valence-electron chi connectivity index (χ2n) is 4.64. The van der Waals surface area contributed by atoms with Crippen LogP contribution in [-0.4, -0.2) is 57.9 Å². The lowest BCUT2D eigenvalue weighted by Gasteiger charge is -2.18. The van der Waals surface area contributed by atoms with Gasteiger partial charge in [-0.2, -0.15) is 0 Å². The Kier molecular flexibility index (Phi) is 5.66. The Morgan fingerprint density at radius 1 is 1.41 bits per heavy atom. The fourth-order valence-electron chi connectivity index (χ4n) is 2.33. The number of nitrogens with zero attached hydrogens (tertiary/aromatic N) is 1. The SMILES string of the molecule is CNC1CCN(S(=O)(=O)CC2CCOC2)C1.Cl. The second-order valence-corrected chi connectivity index (χ2v) is 6.65. The van der Waals surface area contributed by atoms with Crippen LogP contribution >= 0.6 is 12.4 Å². The Hall–Kier alpha value is 0.120. The molecule has 2 heterocycles. The summed E-state index contributed by atoms with van der Waals surface area (Å²) in [5.74, 6) is 0.447. The molecule has 2 atom stereocenters. The Labute approximate surface area is 109 Å². The third-order valence-corrected chi connectivity index (χ3v) is 5.43. The number of nitrogens with one attached hydrogen (secondary N) is 1. The highest BCUT2D eigenvalue weighted by Crippen LogP contribution is 2.20. The first-order chi connectivity index (χ1) is 7.62. The van der Waals surface area contributed by atoms with Crippen molar-refractivity contribution in [1.82, 2.24) is 9.62 Å². The summed E-state index contributed by atoms with van der Waals surface area (Å²) in [5, 5.41) is 3.13. The molecule has 0 spiro atoms. The van der Waals surface area contributed by atoms with E-state index in [1.807, 2.05) is 7.05 Å². The van der Waals surface area contributed by atoms with Crippen molar-refractivity contribution in [2.24, 2.45) is 5.92 Å². The van der Waals surface area contributed by atoms with E-state index in [0.717, 1.165) is 12.8 Å². The Balaban J connectivity index is 0.00000144. The van der Waals surface area contributed by atoms with E-state index in [9.17, 15) is 8.42 Å². The summed E-state index contributed by atoms with van der Waals surface area (Å²) < 4.78 is 31.0. The highest BCUT2D eigenvalue weighted by molar-refractivity contribution is 7.89. The van der Waals surface area contributed by atoms with Gasteiger partial charge in [-0.3, -0.25) is 0 Å². The van der Waals surface area contributed by atoms with E-state index in [1.165, 1.54) is 0 Å². The number of likely N-dealkylation sites (N-methyl/N-ethyl adjacent to an activating group) is 1. The van der Waals surface area contributed by atoms with Crippen molar-refractivity contribution >= 4 is 22.4 Å². The average Bonchev–Trinajstić information content (AvgIpc) is 2.85. The molecular formula is C10H21ClN2O3S. The van der Waals surface area contributed by atoms with Gasteiger partial charge in [-0.05, 0) is 25.8 Å². The van der Waals surface area contributed by atoms with Crippen LogP contribution in [0.4, 0.5) is 0 Å². The number of sulfonamides is 1. The van der Waals surface area contributed by atoms with E-state index in [1.54, 1.807) is 4.31 Å². The van der Waals surface area contributed by atoms with Crippen LogP contribution in [0.3, 0.4) is 0 Å². The highest BCUT2D eigenvalue weighted by atomic mass is 35.5. The van der Waals surface area contributed by atoms with Gasteiger partial charge in [-0.25, -0.2) is 12.7 Å². The molecule has 0 saturated carbocycles. The summed E-state index contributed by atoms with van der Waals surface area (Å²) >= 11 is 0. The lowest BCUT2D eigenvalue weighted by Crippen LogP contribution is -2.36. The molecule has 1 N–H and O–H groups in total. The van der Waals surface area contributed by atoms with E-state index in [-0.39, 0.29) is 24.1 Å². The molecule has 0 aromatic carbocycles. The molecule has 2 aliphatic heterocycles. The van der Waals surface area contributed by atoms with E-state index in [0.29, 0.717) is 32.3 Å². The summed E-state index contributed by atoms with van der Waals surface area (Å²) in [6.07, 6.45) is 1.79. The van der Waals surface area contributed by atoms with Gasteiger partial charge in [0.1, 0.15) is 0 Å². The van der Waals surface area contributed by atoms with Crippen molar-refractivity contribution in [1.29, 1.82) is 0 Å². The third kappa shape index (κ3) is 3.79. The molecule has 7 heteroatoms. The molecule has 2 fully saturated rings. The van der Waals surface area contributed by atoms with Gasteiger partial charge in [0.25, 0.3) is 0 Å². The number of hydrogen-bond donors (Lipinski definition) is 1. The van der Waals surface area contributed by atoms with Crippen molar-refractivity contribution in [2.45, 2.75) is 18.9 Å². The summed E-state index contributed by atoms with van der Waals surface area (Å²) in [6, 6.07) is 0.314. The summed E-state index contributed by atoms with van der Waals surface area (Å²) in [7, 11) is -1.19. The van der Waals surface area contributed by atoms with Crippen molar-refractivity contribution in [3.05, 3.63) is 0 Å². The normalized spacial score (nSPS) is 30.4. The molecule has 0 radical (unpaired) electrons. The van der Waals surface area contributed by atoms with Gasteiger partial charge in [-0.15, -0.1) is 12.4 Å². The van der Waals surface area contributed by atoms with Gasteiger partial charge < -0.3 is 10.1 Å². The maximum absolute atomic E-state index is 12.1. The molecule has 0 aromatic heterocycles. The van der Waals surface area contributed by atoms with Crippen LogP contribution in [0.15, 0.2) is 0 Å². The van der Waals surface area contributed by atoms with Crippen molar-refractivity contribution in [3.8, 4) is 0 Å². The fourth-order valence-corrected chi connectivity index (χ4v) is 4.19. The van der Waals surface area contributed by atoms with Gasteiger partial charge in [0.15, 0.2) is 0 Å². The maximum Gasteiger partial charge on any atom is 0.214 e. The van der Waals surface area contributed by atoms with Gasteiger partial charge in [0.2, 0.25) is 10.0 Å². The predicted octanol–water partition coefficient (Wildman–Crippen LogP) is 0.0682. The van der Waals surface area contributed by atoms with E-state index >= 15 is 0 Å². The molecule has 0 aliphatic carbocycles. The van der Waals surface area contributed by atoms with Crippen LogP contribution in [0.2, 0.25) is 0 Å². The maximum atomic E-state index is 12.1. The largest absolute Gasteiger partial charge is 0.381 e. The lowest BCUT2D eigenvalue weighted by molar-refractivity contribution is 0.188. The number of ether oxygens (including phenoxy) is 1. The molecule has 0 aromatic rings. The predicted molar refractivity (Wildman–Crippen MR) is 69.0 cm³/mol.